The number of hydrogen-bond donors (Lipinski definition) is 3. The Labute approximate surface area is 142 Å². The van der Waals surface area contributed by atoms with Crippen LogP contribution in [-0.2, 0) is 0 Å². The van der Waals surface area contributed by atoms with E-state index in [-0.39, 0.29) is 2.85 Å². The van der Waals surface area contributed by atoms with Gasteiger partial charge in [-0.1, -0.05) is 71.1 Å². The van der Waals surface area contributed by atoms with Crippen molar-refractivity contribution in [2.45, 2.75) is 115 Å². The molecule has 0 spiro atoms. The zero-order chi connectivity index (χ0) is 15.9. The standard InChI is InChI=1S/C13H28N2.C6H13N.2H2/c1-2-3-4-5-9-12-14-15-13-10-7-6-8-11-13;7-6-4-2-1-3-5-6;;/h13-15H,2-12H2,1H3;6H,1-5,7H2;2*1H. The van der Waals surface area contributed by atoms with Crippen LogP contribution in [0.5, 0.6) is 0 Å². The van der Waals surface area contributed by atoms with Gasteiger partial charge in [0.25, 0.3) is 0 Å². The second kappa shape index (κ2) is 14.5. The van der Waals surface area contributed by atoms with Crippen molar-refractivity contribution < 1.29 is 2.85 Å². The van der Waals surface area contributed by atoms with Gasteiger partial charge in [-0.05, 0) is 32.1 Å². The Morgan fingerprint density at radius 3 is 1.95 bits per heavy atom. The molecule has 2 aliphatic carbocycles. The topological polar surface area (TPSA) is 50.1 Å². The van der Waals surface area contributed by atoms with E-state index >= 15 is 0 Å². The average Bonchev–Trinajstić information content (AvgIpc) is 2.56. The van der Waals surface area contributed by atoms with E-state index in [2.05, 4.69) is 17.8 Å². The van der Waals surface area contributed by atoms with Gasteiger partial charge >= 0.3 is 0 Å². The van der Waals surface area contributed by atoms with Crippen molar-refractivity contribution in [2.75, 3.05) is 6.54 Å². The van der Waals surface area contributed by atoms with Crippen molar-refractivity contribution in [3.8, 4) is 0 Å². The van der Waals surface area contributed by atoms with Crippen LogP contribution < -0.4 is 16.6 Å². The molecule has 2 fully saturated rings. The SMILES string of the molecule is CCCCCCCNNC1CCCCC1.NC1CCCCC1.[HH].[HH]. The Bertz CT molecular complexity index is 231. The zero-order valence-corrected chi connectivity index (χ0v) is 15.0. The maximum absolute atomic E-state index is 5.63. The van der Waals surface area contributed by atoms with Crippen LogP contribution in [0.15, 0.2) is 0 Å². The van der Waals surface area contributed by atoms with Crippen molar-refractivity contribution in [2.24, 2.45) is 5.73 Å². The summed E-state index contributed by atoms with van der Waals surface area (Å²) in [6.07, 6.45) is 20.5. The van der Waals surface area contributed by atoms with E-state index in [0.717, 1.165) is 12.6 Å². The third kappa shape index (κ3) is 11.4. The third-order valence-corrected chi connectivity index (χ3v) is 4.97. The second-order valence-electron chi connectivity index (χ2n) is 7.22. The highest BCUT2D eigenvalue weighted by Crippen LogP contribution is 2.16. The van der Waals surface area contributed by atoms with Crippen LogP contribution in [0.3, 0.4) is 0 Å². The highest BCUT2D eigenvalue weighted by molar-refractivity contribution is 4.69. The lowest BCUT2D eigenvalue weighted by molar-refractivity contribution is 0.332. The van der Waals surface area contributed by atoms with E-state index in [0.29, 0.717) is 6.04 Å². The Hall–Kier alpha value is -0.120. The predicted octanol–water partition coefficient (Wildman–Crippen LogP) is 5.15. The van der Waals surface area contributed by atoms with E-state index < -0.39 is 0 Å². The summed E-state index contributed by atoms with van der Waals surface area (Å²) < 4.78 is 0. The van der Waals surface area contributed by atoms with E-state index in [1.807, 2.05) is 0 Å². The summed E-state index contributed by atoms with van der Waals surface area (Å²) in [5.41, 5.74) is 12.5. The molecule has 136 valence electrons. The van der Waals surface area contributed by atoms with Gasteiger partial charge in [0.15, 0.2) is 0 Å². The van der Waals surface area contributed by atoms with Crippen molar-refractivity contribution in [3.63, 3.8) is 0 Å². The number of nitrogens with two attached hydrogens (primary N) is 1. The molecule has 0 amide bonds. The molecule has 0 aliphatic heterocycles. The largest absolute Gasteiger partial charge is 0.328 e. The second-order valence-corrected chi connectivity index (χ2v) is 7.22. The fourth-order valence-corrected chi connectivity index (χ4v) is 3.41. The molecule has 0 aromatic carbocycles. The van der Waals surface area contributed by atoms with E-state index in [1.165, 1.54) is 96.3 Å². The Balaban J connectivity index is 0. The molecule has 0 aromatic heterocycles. The molecular weight excluding hydrogens is 270 g/mol. The highest BCUT2D eigenvalue weighted by Gasteiger charge is 2.11. The van der Waals surface area contributed by atoms with Crippen LogP contribution >= 0.6 is 0 Å². The summed E-state index contributed by atoms with van der Waals surface area (Å²) in [5.74, 6) is 0. The van der Waals surface area contributed by atoms with Gasteiger partial charge in [0, 0.05) is 21.5 Å². The van der Waals surface area contributed by atoms with Crippen molar-refractivity contribution in [1.29, 1.82) is 0 Å². The fraction of sp³-hybridized carbons (Fsp3) is 1.00. The lowest BCUT2D eigenvalue weighted by atomic mass is 9.96. The maximum Gasteiger partial charge on any atom is 0.0212 e. The minimum absolute atomic E-state index is 0. The smallest absolute Gasteiger partial charge is 0.0212 e. The minimum Gasteiger partial charge on any atom is -0.328 e. The fourth-order valence-electron chi connectivity index (χ4n) is 3.41. The average molecular weight is 316 g/mol. The van der Waals surface area contributed by atoms with Crippen LogP contribution in [0.25, 0.3) is 0 Å². The van der Waals surface area contributed by atoms with Gasteiger partial charge in [0.05, 0.1) is 0 Å². The first-order valence-electron chi connectivity index (χ1n) is 10.1. The Morgan fingerprint density at radius 2 is 1.41 bits per heavy atom. The van der Waals surface area contributed by atoms with Gasteiger partial charge in [0.1, 0.15) is 0 Å². The molecule has 0 radical (unpaired) electrons. The van der Waals surface area contributed by atoms with Gasteiger partial charge in [-0.15, -0.1) is 0 Å². The van der Waals surface area contributed by atoms with Gasteiger partial charge < -0.3 is 5.73 Å². The molecule has 0 heterocycles. The summed E-state index contributed by atoms with van der Waals surface area (Å²) in [6.45, 7) is 3.41. The quantitative estimate of drug-likeness (QED) is 0.428. The van der Waals surface area contributed by atoms with E-state index in [4.69, 9.17) is 5.73 Å². The Morgan fingerprint density at radius 1 is 0.818 bits per heavy atom. The summed E-state index contributed by atoms with van der Waals surface area (Å²) >= 11 is 0. The van der Waals surface area contributed by atoms with Crippen molar-refractivity contribution in [3.05, 3.63) is 0 Å². The van der Waals surface area contributed by atoms with Crippen LogP contribution in [0.2, 0.25) is 0 Å². The molecule has 0 bridgehead atoms. The molecule has 0 saturated heterocycles. The molecule has 2 rings (SSSR count). The maximum atomic E-state index is 5.63. The molecule has 3 heteroatoms. The normalized spacial score (nSPS) is 20.5. The molecule has 2 aliphatic rings. The number of hydrogen-bond acceptors (Lipinski definition) is 3. The first kappa shape index (κ1) is 19.9. The summed E-state index contributed by atoms with van der Waals surface area (Å²) in [6, 6.07) is 1.28. The Kier molecular flexibility index (Phi) is 13.1. The van der Waals surface area contributed by atoms with Gasteiger partial charge in [-0.25, -0.2) is 0 Å². The predicted molar refractivity (Wildman–Crippen MR) is 102 cm³/mol. The van der Waals surface area contributed by atoms with Crippen LogP contribution in [0.4, 0.5) is 0 Å². The summed E-state index contributed by atoms with van der Waals surface area (Å²) in [4.78, 5) is 0. The minimum atomic E-state index is 0. The summed E-state index contributed by atoms with van der Waals surface area (Å²) in [7, 11) is 0. The number of rotatable bonds is 8. The van der Waals surface area contributed by atoms with Crippen LogP contribution in [-0.4, -0.2) is 18.6 Å². The molecule has 3 nitrogen and oxygen atoms in total. The van der Waals surface area contributed by atoms with Gasteiger partial charge in [-0.3, -0.25) is 10.9 Å². The third-order valence-electron chi connectivity index (χ3n) is 4.97. The van der Waals surface area contributed by atoms with Gasteiger partial charge in [-0.2, -0.15) is 0 Å². The highest BCUT2D eigenvalue weighted by atomic mass is 15.4. The van der Waals surface area contributed by atoms with Crippen molar-refractivity contribution in [1.82, 2.24) is 10.9 Å². The molecule has 0 aromatic rings. The van der Waals surface area contributed by atoms with Crippen LogP contribution in [0, 0.1) is 0 Å². The van der Waals surface area contributed by atoms with Gasteiger partial charge in [0.2, 0.25) is 0 Å². The van der Waals surface area contributed by atoms with Crippen LogP contribution in [0.1, 0.15) is 106 Å². The van der Waals surface area contributed by atoms with E-state index in [1.54, 1.807) is 0 Å². The lowest BCUT2D eigenvalue weighted by Gasteiger charge is -2.23. The first-order valence-corrected chi connectivity index (χ1v) is 10.1. The first-order chi connectivity index (χ1) is 10.8. The van der Waals surface area contributed by atoms with Crippen molar-refractivity contribution >= 4 is 0 Å². The zero-order valence-electron chi connectivity index (χ0n) is 15.0. The molecule has 0 unspecified atom stereocenters. The van der Waals surface area contributed by atoms with E-state index in [9.17, 15) is 0 Å². The number of hydrazine groups is 1. The number of nitrogens with one attached hydrogen (secondary N) is 2. The molecular formula is C19H45N3. The molecule has 22 heavy (non-hydrogen) atoms. The molecule has 2 saturated carbocycles. The molecule has 0 atom stereocenters. The molecule has 4 N–H and O–H groups in total. The number of unbranched alkanes of at least 4 members (excludes halogenated alkanes) is 4. The lowest BCUT2D eigenvalue weighted by Crippen LogP contribution is -2.42. The summed E-state index contributed by atoms with van der Waals surface area (Å²) in [5, 5.41) is 0. The monoisotopic (exact) mass is 315 g/mol.